The van der Waals surface area contributed by atoms with Gasteiger partial charge in [0.25, 0.3) is 5.91 Å². The number of imidazole rings is 1. The van der Waals surface area contributed by atoms with Gasteiger partial charge in [0.15, 0.2) is 0 Å². The fourth-order valence-corrected chi connectivity index (χ4v) is 8.34. The van der Waals surface area contributed by atoms with E-state index in [1.54, 1.807) is 12.1 Å². The molecule has 5 aliphatic rings. The molecule has 6 atom stereocenters. The number of hydrogen-bond acceptors (Lipinski definition) is 5. The monoisotopic (exact) mass is 630 g/mol. The summed E-state index contributed by atoms with van der Waals surface area (Å²) in [6.07, 6.45) is 7.13. The summed E-state index contributed by atoms with van der Waals surface area (Å²) in [6, 6.07) is 24.4. The lowest BCUT2D eigenvalue weighted by molar-refractivity contribution is -0.150. The van der Waals surface area contributed by atoms with Gasteiger partial charge in [-0.25, -0.2) is 4.98 Å². The molecule has 1 aromatic heterocycles. The number of benzene rings is 3. The fourth-order valence-electron chi connectivity index (χ4n) is 8.34. The Hall–Kier alpha value is -3.95. The summed E-state index contributed by atoms with van der Waals surface area (Å²) < 4.78 is 13.3. The number of amides is 2. The van der Waals surface area contributed by atoms with Crippen molar-refractivity contribution in [2.75, 3.05) is 0 Å². The predicted octanol–water partition coefficient (Wildman–Crippen LogP) is 6.12. The van der Waals surface area contributed by atoms with E-state index in [0.29, 0.717) is 35.3 Å². The Morgan fingerprint density at radius 1 is 0.979 bits per heavy atom. The molecule has 9 rings (SSSR count). The number of carbonyl (C=O) groups excluding carboxylic acids is 2. The third-order valence-corrected chi connectivity index (χ3v) is 11.6. The highest BCUT2D eigenvalue weighted by Crippen LogP contribution is 2.61. The van der Waals surface area contributed by atoms with Gasteiger partial charge in [0.2, 0.25) is 5.91 Å². The highest BCUT2D eigenvalue weighted by atomic mass is 16.7. The van der Waals surface area contributed by atoms with Crippen molar-refractivity contribution in [2.45, 2.75) is 83.0 Å². The van der Waals surface area contributed by atoms with Crippen LogP contribution in [-0.4, -0.2) is 53.1 Å². The Bertz CT molecular complexity index is 1760. The summed E-state index contributed by atoms with van der Waals surface area (Å²) in [5.74, 6) is 1.65. The van der Waals surface area contributed by atoms with Crippen LogP contribution in [-0.2, 0) is 20.5 Å². The normalized spacial score (nSPS) is 25.7. The molecule has 1 unspecified atom stereocenters. The van der Waals surface area contributed by atoms with E-state index in [9.17, 15) is 9.59 Å². The van der Waals surface area contributed by atoms with Crippen molar-refractivity contribution in [3.63, 3.8) is 0 Å². The van der Waals surface area contributed by atoms with Crippen LogP contribution in [0.1, 0.15) is 68.3 Å². The van der Waals surface area contributed by atoms with E-state index in [1.807, 2.05) is 66.7 Å². The van der Waals surface area contributed by atoms with Gasteiger partial charge in [-0.3, -0.25) is 9.59 Å². The number of H-pyrrole nitrogens is 1. The largest absolute Gasteiger partial charge is 0.481 e. The van der Waals surface area contributed by atoms with E-state index in [2.05, 4.69) is 29.5 Å². The third kappa shape index (κ3) is 5.89. The van der Waals surface area contributed by atoms with E-state index in [4.69, 9.17) is 14.3 Å². The Balaban J connectivity index is 1.01. The van der Waals surface area contributed by atoms with Crippen molar-refractivity contribution in [3.05, 3.63) is 90.0 Å². The number of nitrogens with zero attached hydrogens (tertiary/aromatic N) is 1. The number of rotatable bonds is 10. The van der Waals surface area contributed by atoms with Crippen molar-refractivity contribution >= 4 is 30.0 Å². The number of carbonyl (C=O) groups is 2. The molecule has 1 saturated heterocycles. The minimum atomic E-state index is -0.779. The average Bonchev–Trinajstić information content (AvgIpc) is 3.70. The van der Waals surface area contributed by atoms with Gasteiger partial charge in [0.05, 0.1) is 29.2 Å². The molecule has 2 heterocycles. The molecule has 8 nitrogen and oxygen atoms in total. The Morgan fingerprint density at radius 3 is 2.47 bits per heavy atom. The topological polar surface area (TPSA) is 105 Å². The maximum atomic E-state index is 14.2. The number of aromatic amines is 1. The van der Waals surface area contributed by atoms with E-state index in [1.165, 1.54) is 12.8 Å². The third-order valence-electron chi connectivity index (χ3n) is 11.6. The zero-order chi connectivity index (χ0) is 32.1. The molecule has 4 saturated carbocycles. The maximum absolute atomic E-state index is 14.2. The van der Waals surface area contributed by atoms with Gasteiger partial charge in [-0.15, -0.1) is 0 Å². The number of hydrogen-bond donors (Lipinski definition) is 3. The lowest BCUT2D eigenvalue weighted by atomic mass is 9.47. The standard InChI is InChI=1S/C38H43BN4O4/c1-38(2)27-21-28(38)34-32(22-27)46-39(47-34)33(19-24-12-9-13-24)43-37(45)31(18-23-10-5-3-6-11-23)42-36(44)26-16-17-29-30(20-26)41-35(40-29)25-14-7-4-8-15-25/h3-8,10-11,14-17,20,24,27-28,31-34H,9,12-13,18-19,21-22H2,1-2H3,(H,40,41)(H,42,44)(H,43,45)/t27-,28+,31-,32+,33-,34?/m0/s1. The van der Waals surface area contributed by atoms with E-state index in [-0.39, 0.29) is 35.4 Å². The van der Waals surface area contributed by atoms with Crippen LogP contribution < -0.4 is 10.6 Å². The minimum absolute atomic E-state index is 0.0833. The first kappa shape index (κ1) is 30.4. The van der Waals surface area contributed by atoms with Crippen molar-refractivity contribution in [1.82, 2.24) is 20.6 Å². The van der Waals surface area contributed by atoms with Crippen molar-refractivity contribution in [2.24, 2.45) is 23.2 Å². The van der Waals surface area contributed by atoms with Crippen LogP contribution in [0.15, 0.2) is 78.9 Å². The van der Waals surface area contributed by atoms with Crippen molar-refractivity contribution < 1.29 is 18.9 Å². The molecule has 4 aliphatic carbocycles. The van der Waals surface area contributed by atoms with Gasteiger partial charge in [0.1, 0.15) is 11.9 Å². The highest BCUT2D eigenvalue weighted by molar-refractivity contribution is 6.47. The average molecular weight is 631 g/mol. The van der Waals surface area contributed by atoms with E-state index >= 15 is 0 Å². The van der Waals surface area contributed by atoms with Crippen LogP contribution in [0.4, 0.5) is 0 Å². The van der Waals surface area contributed by atoms with Gasteiger partial charge < -0.3 is 24.9 Å². The van der Waals surface area contributed by atoms with Crippen LogP contribution in [0.3, 0.4) is 0 Å². The molecule has 2 amide bonds. The van der Waals surface area contributed by atoms with Crippen LogP contribution in [0.5, 0.6) is 0 Å². The molecule has 0 spiro atoms. The molecule has 5 fully saturated rings. The van der Waals surface area contributed by atoms with Crippen LogP contribution in [0, 0.1) is 23.2 Å². The molecule has 4 aromatic rings. The fraction of sp³-hybridized carbons (Fsp3) is 0.447. The summed E-state index contributed by atoms with van der Waals surface area (Å²) in [7, 11) is -0.473. The van der Waals surface area contributed by atoms with Gasteiger partial charge >= 0.3 is 7.12 Å². The second-order valence-corrected chi connectivity index (χ2v) is 14.8. The quantitative estimate of drug-likeness (QED) is 0.183. The Kier molecular flexibility index (Phi) is 7.92. The molecule has 242 valence electrons. The number of nitrogens with one attached hydrogen (secondary N) is 3. The van der Waals surface area contributed by atoms with Crippen molar-refractivity contribution in [1.29, 1.82) is 0 Å². The summed E-state index contributed by atoms with van der Waals surface area (Å²) in [5, 5.41) is 6.39. The highest BCUT2D eigenvalue weighted by Gasteiger charge is 2.63. The smallest absolute Gasteiger partial charge is 0.404 e. The maximum Gasteiger partial charge on any atom is 0.481 e. The molecule has 2 bridgehead atoms. The molecule has 1 aliphatic heterocycles. The lowest BCUT2D eigenvalue weighted by Gasteiger charge is -2.60. The SMILES string of the molecule is CC1(C)[C@H]2C[C@@H]1C1OB([C@H](CC3CCC3)NC(=O)[C@H](Cc3ccccc3)NC(=O)c3ccc4[nH]c(-c5ccccc5)nc4c3)O[C@@H]1C2. The lowest BCUT2D eigenvalue weighted by Crippen LogP contribution is -2.59. The zero-order valence-corrected chi connectivity index (χ0v) is 27.2. The second kappa shape index (κ2) is 12.3. The molecule has 0 radical (unpaired) electrons. The van der Waals surface area contributed by atoms with Gasteiger partial charge in [-0.1, -0.05) is 93.8 Å². The first-order chi connectivity index (χ1) is 22.8. The first-order valence-electron chi connectivity index (χ1n) is 17.3. The van der Waals surface area contributed by atoms with Crippen LogP contribution in [0.2, 0.25) is 0 Å². The summed E-state index contributed by atoms with van der Waals surface area (Å²) >= 11 is 0. The second-order valence-electron chi connectivity index (χ2n) is 14.8. The first-order valence-corrected chi connectivity index (χ1v) is 17.3. The van der Waals surface area contributed by atoms with E-state index < -0.39 is 13.2 Å². The van der Waals surface area contributed by atoms with E-state index in [0.717, 1.165) is 48.2 Å². The molecule has 9 heteroatoms. The molecular formula is C38H43BN4O4. The predicted molar refractivity (Wildman–Crippen MR) is 182 cm³/mol. The van der Waals surface area contributed by atoms with Gasteiger partial charge in [-0.2, -0.15) is 0 Å². The number of aromatic nitrogens is 2. The summed E-state index contributed by atoms with van der Waals surface area (Å²) in [4.78, 5) is 36.0. The van der Waals surface area contributed by atoms with Crippen LogP contribution in [0.25, 0.3) is 22.4 Å². The molecular weight excluding hydrogens is 587 g/mol. The summed E-state index contributed by atoms with van der Waals surface area (Å²) in [5.41, 5.74) is 4.21. The molecule has 47 heavy (non-hydrogen) atoms. The van der Waals surface area contributed by atoms with Gasteiger partial charge in [-0.05, 0) is 66.2 Å². The summed E-state index contributed by atoms with van der Waals surface area (Å²) in [6.45, 7) is 4.71. The van der Waals surface area contributed by atoms with Gasteiger partial charge in [0, 0.05) is 17.5 Å². The molecule has 3 N–H and O–H groups in total. The Labute approximate surface area is 276 Å². The van der Waals surface area contributed by atoms with Crippen molar-refractivity contribution in [3.8, 4) is 11.4 Å². The minimum Gasteiger partial charge on any atom is -0.404 e. The van der Waals surface area contributed by atoms with Crippen LogP contribution >= 0.6 is 0 Å². The Morgan fingerprint density at radius 2 is 1.74 bits per heavy atom. The molecule has 3 aromatic carbocycles. The number of fused-ring (bicyclic) bond motifs is 1. The zero-order valence-electron chi connectivity index (χ0n) is 27.2.